The Bertz CT molecular complexity index is 487. The Balaban J connectivity index is 2.03. The van der Waals surface area contributed by atoms with Gasteiger partial charge in [0, 0.05) is 5.54 Å². The van der Waals surface area contributed by atoms with Gasteiger partial charge in [-0.1, -0.05) is 30.3 Å². The SMILES string of the molecule is CC(C)(C)NC(=S)NC(=O)C1(c2ccccc2)CC1. The summed E-state index contributed by atoms with van der Waals surface area (Å²) in [6, 6.07) is 9.91. The van der Waals surface area contributed by atoms with Crippen molar-refractivity contribution in [2.24, 2.45) is 0 Å². The number of thiocarbonyl (C=S) groups is 1. The zero-order chi connectivity index (χ0) is 14.1. The molecule has 19 heavy (non-hydrogen) atoms. The van der Waals surface area contributed by atoms with Gasteiger partial charge in [-0.15, -0.1) is 0 Å². The smallest absolute Gasteiger partial charge is 0.236 e. The lowest BCUT2D eigenvalue weighted by molar-refractivity contribution is -0.122. The number of benzene rings is 1. The molecule has 2 N–H and O–H groups in total. The Labute approximate surface area is 119 Å². The van der Waals surface area contributed by atoms with Crippen LogP contribution >= 0.6 is 12.2 Å². The van der Waals surface area contributed by atoms with Gasteiger partial charge in [0.25, 0.3) is 0 Å². The second-order valence-corrected chi connectivity index (χ2v) is 6.51. The standard InChI is InChI=1S/C15H20N2OS/c1-14(2,3)17-13(19)16-12(18)15(9-10-15)11-7-5-4-6-8-11/h4-8H,9-10H2,1-3H3,(H2,16,17,18,19). The van der Waals surface area contributed by atoms with Crippen molar-refractivity contribution >= 4 is 23.2 Å². The average molecular weight is 276 g/mol. The van der Waals surface area contributed by atoms with E-state index in [9.17, 15) is 4.79 Å². The highest BCUT2D eigenvalue weighted by molar-refractivity contribution is 7.80. The average Bonchev–Trinajstić information content (AvgIpc) is 3.08. The molecular formula is C15H20N2OS. The molecule has 1 amide bonds. The van der Waals surface area contributed by atoms with E-state index in [1.54, 1.807) is 0 Å². The highest BCUT2D eigenvalue weighted by atomic mass is 32.1. The molecule has 0 bridgehead atoms. The molecule has 0 heterocycles. The van der Waals surface area contributed by atoms with Crippen molar-refractivity contribution in [3.8, 4) is 0 Å². The van der Waals surface area contributed by atoms with Crippen molar-refractivity contribution in [3.05, 3.63) is 35.9 Å². The molecule has 1 aromatic rings. The number of hydrogen-bond donors (Lipinski definition) is 2. The first kappa shape index (κ1) is 14.0. The third-order valence-electron chi connectivity index (χ3n) is 3.23. The Kier molecular flexibility index (Phi) is 3.63. The lowest BCUT2D eigenvalue weighted by atomic mass is 9.95. The normalized spacial score (nSPS) is 16.6. The predicted molar refractivity (Wildman–Crippen MR) is 81.0 cm³/mol. The maximum atomic E-state index is 12.4. The summed E-state index contributed by atoms with van der Waals surface area (Å²) in [7, 11) is 0. The molecule has 102 valence electrons. The van der Waals surface area contributed by atoms with Gasteiger partial charge in [-0.25, -0.2) is 0 Å². The number of amides is 1. The van der Waals surface area contributed by atoms with Gasteiger partial charge >= 0.3 is 0 Å². The lowest BCUT2D eigenvalue weighted by Gasteiger charge is -2.24. The molecule has 0 saturated heterocycles. The van der Waals surface area contributed by atoms with Crippen molar-refractivity contribution < 1.29 is 4.79 Å². The van der Waals surface area contributed by atoms with E-state index in [0.29, 0.717) is 5.11 Å². The van der Waals surface area contributed by atoms with Crippen LogP contribution in [0, 0.1) is 0 Å². The predicted octanol–water partition coefficient (Wildman–Crippen LogP) is 2.51. The molecule has 1 aliphatic carbocycles. The summed E-state index contributed by atoms with van der Waals surface area (Å²) in [6.07, 6.45) is 1.78. The fourth-order valence-corrected chi connectivity index (χ4v) is 2.52. The van der Waals surface area contributed by atoms with E-state index in [-0.39, 0.29) is 16.9 Å². The Morgan fingerprint density at radius 1 is 1.21 bits per heavy atom. The summed E-state index contributed by atoms with van der Waals surface area (Å²) in [5.74, 6) is 0.000417. The van der Waals surface area contributed by atoms with E-state index < -0.39 is 0 Å². The minimum Gasteiger partial charge on any atom is -0.358 e. The topological polar surface area (TPSA) is 41.1 Å². The monoisotopic (exact) mass is 276 g/mol. The molecule has 3 nitrogen and oxygen atoms in total. The summed E-state index contributed by atoms with van der Waals surface area (Å²) in [6.45, 7) is 6.03. The third kappa shape index (κ3) is 3.32. The molecule has 0 spiro atoms. The highest BCUT2D eigenvalue weighted by Crippen LogP contribution is 2.48. The van der Waals surface area contributed by atoms with Crippen LogP contribution in [-0.4, -0.2) is 16.6 Å². The molecule has 1 aromatic carbocycles. The molecular weight excluding hydrogens is 256 g/mol. The molecule has 1 aliphatic rings. The molecule has 0 atom stereocenters. The zero-order valence-electron chi connectivity index (χ0n) is 11.6. The van der Waals surface area contributed by atoms with Gasteiger partial charge in [-0.05, 0) is 51.4 Å². The van der Waals surface area contributed by atoms with Gasteiger partial charge in [0.1, 0.15) is 0 Å². The first-order valence-electron chi connectivity index (χ1n) is 6.53. The van der Waals surface area contributed by atoms with Crippen molar-refractivity contribution in [1.82, 2.24) is 10.6 Å². The van der Waals surface area contributed by atoms with Crippen LogP contribution in [0.1, 0.15) is 39.2 Å². The van der Waals surface area contributed by atoms with E-state index in [4.69, 9.17) is 12.2 Å². The summed E-state index contributed by atoms with van der Waals surface area (Å²) in [5, 5.41) is 6.32. The van der Waals surface area contributed by atoms with E-state index in [2.05, 4.69) is 10.6 Å². The zero-order valence-corrected chi connectivity index (χ0v) is 12.4. The van der Waals surface area contributed by atoms with E-state index in [1.165, 1.54) is 0 Å². The van der Waals surface area contributed by atoms with Crippen LogP contribution in [0.5, 0.6) is 0 Å². The van der Waals surface area contributed by atoms with Gasteiger partial charge in [-0.2, -0.15) is 0 Å². The maximum absolute atomic E-state index is 12.4. The number of rotatable bonds is 2. The first-order chi connectivity index (χ1) is 8.83. The van der Waals surface area contributed by atoms with E-state index >= 15 is 0 Å². The van der Waals surface area contributed by atoms with Crippen LogP contribution in [0.4, 0.5) is 0 Å². The lowest BCUT2D eigenvalue weighted by Crippen LogP contribution is -2.50. The molecule has 0 aliphatic heterocycles. The van der Waals surface area contributed by atoms with Crippen LogP contribution in [0.15, 0.2) is 30.3 Å². The Hall–Kier alpha value is -1.42. The number of nitrogens with one attached hydrogen (secondary N) is 2. The van der Waals surface area contributed by atoms with Crippen molar-refractivity contribution in [3.63, 3.8) is 0 Å². The minimum absolute atomic E-state index is 0.000417. The molecule has 0 unspecified atom stereocenters. The van der Waals surface area contributed by atoms with Crippen LogP contribution in [0.25, 0.3) is 0 Å². The number of hydrogen-bond acceptors (Lipinski definition) is 2. The Morgan fingerprint density at radius 3 is 2.26 bits per heavy atom. The quantitative estimate of drug-likeness (QED) is 0.816. The van der Waals surface area contributed by atoms with E-state index in [0.717, 1.165) is 18.4 Å². The van der Waals surface area contributed by atoms with Crippen LogP contribution < -0.4 is 10.6 Å². The van der Waals surface area contributed by atoms with Crippen molar-refractivity contribution in [1.29, 1.82) is 0 Å². The van der Waals surface area contributed by atoms with Crippen LogP contribution in [0.3, 0.4) is 0 Å². The number of carbonyl (C=O) groups excluding carboxylic acids is 1. The third-order valence-corrected chi connectivity index (χ3v) is 3.43. The summed E-state index contributed by atoms with van der Waals surface area (Å²) < 4.78 is 0. The first-order valence-corrected chi connectivity index (χ1v) is 6.93. The van der Waals surface area contributed by atoms with Gasteiger partial charge in [0.05, 0.1) is 5.41 Å². The van der Waals surface area contributed by atoms with E-state index in [1.807, 2.05) is 51.1 Å². The highest BCUT2D eigenvalue weighted by Gasteiger charge is 2.51. The van der Waals surface area contributed by atoms with Gasteiger partial charge in [0.2, 0.25) is 5.91 Å². The fraction of sp³-hybridized carbons (Fsp3) is 0.467. The van der Waals surface area contributed by atoms with Crippen LogP contribution in [0.2, 0.25) is 0 Å². The van der Waals surface area contributed by atoms with Gasteiger partial charge < -0.3 is 10.6 Å². The second kappa shape index (κ2) is 4.93. The maximum Gasteiger partial charge on any atom is 0.236 e. The molecule has 2 rings (SSSR count). The fourth-order valence-electron chi connectivity index (χ4n) is 2.12. The number of carbonyl (C=O) groups is 1. The molecule has 1 fully saturated rings. The second-order valence-electron chi connectivity index (χ2n) is 6.11. The molecule has 4 heteroatoms. The van der Waals surface area contributed by atoms with Gasteiger partial charge in [-0.3, -0.25) is 4.79 Å². The van der Waals surface area contributed by atoms with Crippen LogP contribution in [-0.2, 0) is 10.2 Å². The van der Waals surface area contributed by atoms with Gasteiger partial charge in [0.15, 0.2) is 5.11 Å². The Morgan fingerprint density at radius 2 is 1.79 bits per heavy atom. The molecule has 0 radical (unpaired) electrons. The molecule has 0 aromatic heterocycles. The van der Waals surface area contributed by atoms with Crippen molar-refractivity contribution in [2.75, 3.05) is 0 Å². The minimum atomic E-state index is -0.370. The largest absolute Gasteiger partial charge is 0.358 e. The summed E-state index contributed by atoms with van der Waals surface area (Å²) in [4.78, 5) is 12.4. The summed E-state index contributed by atoms with van der Waals surface area (Å²) >= 11 is 5.18. The summed E-state index contributed by atoms with van der Waals surface area (Å²) in [5.41, 5.74) is 0.560. The molecule has 1 saturated carbocycles. The van der Waals surface area contributed by atoms with Crippen molar-refractivity contribution in [2.45, 2.75) is 44.6 Å².